The lowest BCUT2D eigenvalue weighted by Gasteiger charge is -2.09. The van der Waals surface area contributed by atoms with E-state index in [9.17, 15) is 13.2 Å². The van der Waals surface area contributed by atoms with E-state index in [-0.39, 0.29) is 10.8 Å². The standard InChI is InChI=1S/C14H11BrClNO3S/c1-9-8-12(21(16,19)20)6-7-13(9)17-14(18)10-2-4-11(15)5-3-10/h2-8H,1H3,(H,17,18). The molecule has 0 spiro atoms. The fraction of sp³-hybridized carbons (Fsp3) is 0.0714. The largest absolute Gasteiger partial charge is 0.322 e. The zero-order valence-corrected chi connectivity index (χ0v) is 14.1. The van der Waals surface area contributed by atoms with Gasteiger partial charge in [-0.25, -0.2) is 8.42 Å². The maximum Gasteiger partial charge on any atom is 0.261 e. The second-order valence-corrected chi connectivity index (χ2v) is 7.86. The Morgan fingerprint density at radius 1 is 1.14 bits per heavy atom. The molecular weight excluding hydrogens is 378 g/mol. The molecule has 0 aromatic heterocycles. The molecule has 0 bridgehead atoms. The van der Waals surface area contributed by atoms with E-state index in [1.807, 2.05) is 0 Å². The number of hydrogen-bond acceptors (Lipinski definition) is 3. The molecule has 2 rings (SSSR count). The van der Waals surface area contributed by atoms with Crippen molar-refractivity contribution < 1.29 is 13.2 Å². The van der Waals surface area contributed by atoms with E-state index in [0.29, 0.717) is 16.8 Å². The number of aryl methyl sites for hydroxylation is 1. The fourth-order valence-electron chi connectivity index (χ4n) is 1.72. The summed E-state index contributed by atoms with van der Waals surface area (Å²) in [5.41, 5.74) is 1.65. The molecule has 0 atom stereocenters. The summed E-state index contributed by atoms with van der Waals surface area (Å²) in [5, 5.41) is 2.73. The lowest BCUT2D eigenvalue weighted by molar-refractivity contribution is 0.102. The summed E-state index contributed by atoms with van der Waals surface area (Å²) >= 11 is 3.30. The second-order valence-electron chi connectivity index (χ2n) is 4.38. The van der Waals surface area contributed by atoms with Crippen molar-refractivity contribution in [2.24, 2.45) is 0 Å². The Labute approximate surface area is 135 Å². The first-order valence-corrected chi connectivity index (χ1v) is 9.00. The van der Waals surface area contributed by atoms with E-state index < -0.39 is 9.05 Å². The van der Waals surface area contributed by atoms with E-state index in [1.165, 1.54) is 18.2 Å². The summed E-state index contributed by atoms with van der Waals surface area (Å²) in [4.78, 5) is 12.1. The summed E-state index contributed by atoms with van der Waals surface area (Å²) in [6.45, 7) is 1.70. The molecule has 2 aromatic rings. The number of hydrogen-bond donors (Lipinski definition) is 1. The second kappa shape index (κ2) is 6.17. The molecule has 0 fully saturated rings. The minimum absolute atomic E-state index is 0.00306. The minimum Gasteiger partial charge on any atom is -0.322 e. The molecule has 1 amide bonds. The smallest absolute Gasteiger partial charge is 0.261 e. The van der Waals surface area contributed by atoms with Crippen LogP contribution in [0.2, 0.25) is 0 Å². The molecule has 0 aliphatic rings. The third kappa shape index (κ3) is 4.06. The van der Waals surface area contributed by atoms with Crippen molar-refractivity contribution in [1.29, 1.82) is 0 Å². The van der Waals surface area contributed by atoms with Crippen molar-refractivity contribution in [3.8, 4) is 0 Å². The molecule has 0 aliphatic carbocycles. The van der Waals surface area contributed by atoms with E-state index in [1.54, 1.807) is 31.2 Å². The Hall–Kier alpha value is -1.37. The quantitative estimate of drug-likeness (QED) is 0.810. The van der Waals surface area contributed by atoms with Gasteiger partial charge in [-0.15, -0.1) is 0 Å². The Morgan fingerprint density at radius 2 is 1.76 bits per heavy atom. The van der Waals surface area contributed by atoms with Gasteiger partial charge < -0.3 is 5.32 Å². The number of benzene rings is 2. The highest BCUT2D eigenvalue weighted by Crippen LogP contribution is 2.22. The summed E-state index contributed by atoms with van der Waals surface area (Å²) < 4.78 is 23.4. The van der Waals surface area contributed by atoms with Crippen LogP contribution in [0.4, 0.5) is 5.69 Å². The van der Waals surface area contributed by atoms with Crippen molar-refractivity contribution >= 4 is 47.3 Å². The number of nitrogens with one attached hydrogen (secondary N) is 1. The minimum atomic E-state index is -3.77. The maximum atomic E-state index is 12.1. The SMILES string of the molecule is Cc1cc(S(=O)(=O)Cl)ccc1NC(=O)c1ccc(Br)cc1. The van der Waals surface area contributed by atoms with E-state index in [4.69, 9.17) is 10.7 Å². The van der Waals surface area contributed by atoms with Gasteiger partial charge in [0.05, 0.1) is 4.90 Å². The maximum absolute atomic E-state index is 12.1. The van der Waals surface area contributed by atoms with E-state index in [2.05, 4.69) is 21.2 Å². The highest BCUT2D eigenvalue weighted by Gasteiger charge is 2.13. The zero-order chi connectivity index (χ0) is 15.6. The Morgan fingerprint density at radius 3 is 2.29 bits per heavy atom. The number of carbonyl (C=O) groups excluding carboxylic acids is 1. The molecule has 0 radical (unpaired) electrons. The molecule has 7 heteroatoms. The molecule has 21 heavy (non-hydrogen) atoms. The molecule has 110 valence electrons. The summed E-state index contributed by atoms with van der Waals surface area (Å²) in [7, 11) is 1.51. The van der Waals surface area contributed by atoms with Crippen molar-refractivity contribution in [2.75, 3.05) is 5.32 Å². The third-order valence-corrected chi connectivity index (χ3v) is 4.71. The first-order chi connectivity index (χ1) is 9.77. The van der Waals surface area contributed by atoms with Crippen LogP contribution in [-0.2, 0) is 9.05 Å². The fourth-order valence-corrected chi connectivity index (χ4v) is 2.82. The average molecular weight is 389 g/mol. The number of rotatable bonds is 3. The molecule has 0 saturated heterocycles. The highest BCUT2D eigenvalue weighted by molar-refractivity contribution is 9.10. The van der Waals surface area contributed by atoms with Crippen molar-refractivity contribution in [3.05, 3.63) is 58.1 Å². The number of amides is 1. The summed E-state index contributed by atoms with van der Waals surface area (Å²) in [6, 6.07) is 11.2. The number of carbonyl (C=O) groups is 1. The van der Waals surface area contributed by atoms with Crippen molar-refractivity contribution in [1.82, 2.24) is 0 Å². The molecule has 4 nitrogen and oxygen atoms in total. The van der Waals surface area contributed by atoms with Gasteiger partial charge in [-0.1, -0.05) is 15.9 Å². The third-order valence-electron chi connectivity index (χ3n) is 2.83. The van der Waals surface area contributed by atoms with Gasteiger partial charge in [0.15, 0.2) is 0 Å². The molecule has 0 saturated carbocycles. The summed E-state index contributed by atoms with van der Waals surface area (Å²) in [6.07, 6.45) is 0. The Bertz CT molecular complexity index is 788. The van der Waals surface area contributed by atoms with Gasteiger partial charge in [-0.05, 0) is 55.0 Å². The molecule has 2 aromatic carbocycles. The van der Waals surface area contributed by atoms with Crippen LogP contribution in [0.15, 0.2) is 51.8 Å². The predicted octanol–water partition coefficient (Wildman–Crippen LogP) is 3.94. The molecular formula is C14H11BrClNO3S. The van der Waals surface area contributed by atoms with Crippen LogP contribution in [0.25, 0.3) is 0 Å². The first kappa shape index (κ1) is 16.0. The normalized spacial score (nSPS) is 11.2. The van der Waals surface area contributed by atoms with Gasteiger partial charge in [0.25, 0.3) is 15.0 Å². The topological polar surface area (TPSA) is 63.2 Å². The van der Waals surface area contributed by atoms with Crippen molar-refractivity contribution in [3.63, 3.8) is 0 Å². The van der Waals surface area contributed by atoms with Crippen LogP contribution < -0.4 is 5.32 Å². The Kier molecular flexibility index (Phi) is 4.70. The van der Waals surface area contributed by atoms with Gasteiger partial charge in [0.1, 0.15) is 0 Å². The molecule has 0 heterocycles. The molecule has 0 aliphatic heterocycles. The van der Waals surface area contributed by atoms with Crippen molar-refractivity contribution in [2.45, 2.75) is 11.8 Å². The van der Waals surface area contributed by atoms with Crippen LogP contribution in [-0.4, -0.2) is 14.3 Å². The van der Waals surface area contributed by atoms with E-state index in [0.717, 1.165) is 4.47 Å². The summed E-state index contributed by atoms with van der Waals surface area (Å²) in [5.74, 6) is -0.271. The lowest BCUT2D eigenvalue weighted by Crippen LogP contribution is -2.12. The van der Waals surface area contributed by atoms with Crippen LogP contribution >= 0.6 is 26.6 Å². The van der Waals surface area contributed by atoms with Gasteiger partial charge in [-0.2, -0.15) is 0 Å². The number of halogens is 2. The Balaban J connectivity index is 2.24. The number of anilines is 1. The van der Waals surface area contributed by atoms with Gasteiger partial charge in [-0.3, -0.25) is 4.79 Å². The lowest BCUT2D eigenvalue weighted by atomic mass is 10.1. The molecule has 1 N–H and O–H groups in total. The highest BCUT2D eigenvalue weighted by atomic mass is 79.9. The van der Waals surface area contributed by atoms with Gasteiger partial charge in [0.2, 0.25) is 0 Å². The average Bonchev–Trinajstić information content (AvgIpc) is 2.40. The monoisotopic (exact) mass is 387 g/mol. The van der Waals surface area contributed by atoms with Gasteiger partial charge >= 0.3 is 0 Å². The van der Waals surface area contributed by atoms with Crippen LogP contribution in [0.1, 0.15) is 15.9 Å². The molecule has 0 unspecified atom stereocenters. The van der Waals surface area contributed by atoms with E-state index >= 15 is 0 Å². The van der Waals surface area contributed by atoms with Gasteiger partial charge in [0, 0.05) is 26.4 Å². The van der Waals surface area contributed by atoms with Crippen LogP contribution in [0, 0.1) is 6.92 Å². The zero-order valence-electron chi connectivity index (χ0n) is 10.9. The van der Waals surface area contributed by atoms with Crippen LogP contribution in [0.3, 0.4) is 0 Å². The first-order valence-electron chi connectivity index (χ1n) is 5.89. The predicted molar refractivity (Wildman–Crippen MR) is 86.3 cm³/mol. The van der Waals surface area contributed by atoms with Crippen LogP contribution in [0.5, 0.6) is 0 Å².